The van der Waals surface area contributed by atoms with E-state index in [9.17, 15) is 13.6 Å². The van der Waals surface area contributed by atoms with Crippen LogP contribution in [0.4, 0.5) is 14.5 Å². The van der Waals surface area contributed by atoms with Crippen LogP contribution in [-0.4, -0.2) is 51.2 Å². The summed E-state index contributed by atoms with van der Waals surface area (Å²) in [7, 11) is 4.12. The van der Waals surface area contributed by atoms with Gasteiger partial charge in [0.1, 0.15) is 6.26 Å². The molecule has 198 valence electrons. The van der Waals surface area contributed by atoms with Crippen LogP contribution in [0.3, 0.4) is 0 Å². The van der Waals surface area contributed by atoms with Crippen LogP contribution < -0.4 is 5.32 Å². The van der Waals surface area contributed by atoms with Crippen LogP contribution in [0.5, 0.6) is 0 Å². The minimum absolute atomic E-state index is 0.00578. The molecule has 0 atom stereocenters. The van der Waals surface area contributed by atoms with Crippen molar-refractivity contribution < 1.29 is 18.0 Å². The summed E-state index contributed by atoms with van der Waals surface area (Å²) in [6.07, 6.45) is 10.1. The average Bonchev–Trinajstić information content (AvgIpc) is 3.39. The molecular weight excluding hydrogens is 478 g/mol. The van der Waals surface area contributed by atoms with Gasteiger partial charge in [0.15, 0.2) is 11.4 Å². The van der Waals surface area contributed by atoms with Gasteiger partial charge in [0, 0.05) is 30.2 Å². The molecule has 2 fully saturated rings. The largest absolute Gasteiger partial charge is 0.444 e. The Labute approximate surface area is 215 Å². The third-order valence-electron chi connectivity index (χ3n) is 7.34. The van der Waals surface area contributed by atoms with Crippen molar-refractivity contribution in [3.63, 3.8) is 0 Å². The standard InChI is InChI=1S/C27H34F2N6O2/c1-34(2)14-18-6-9-21(10-7-18)35-15-22(24(33-35)25(28)29)31-26(36)23-16-37-27(32-23)19-11-12-30-20(13-19)8-5-17-3-4-17/h11-13,15-18,21,25H,3-10,14H2,1-2H3,(H,31,36). The van der Waals surface area contributed by atoms with Crippen LogP contribution in [0, 0.1) is 11.8 Å². The number of carbonyl (C=O) groups is 1. The first kappa shape index (κ1) is 25.5. The highest BCUT2D eigenvalue weighted by Gasteiger charge is 2.27. The summed E-state index contributed by atoms with van der Waals surface area (Å²) in [5.74, 6) is 1.09. The van der Waals surface area contributed by atoms with Crippen LogP contribution in [0.2, 0.25) is 0 Å². The molecule has 0 radical (unpaired) electrons. The predicted molar refractivity (Wildman–Crippen MR) is 135 cm³/mol. The number of rotatable bonds is 10. The number of carbonyl (C=O) groups excluding carboxylic acids is 1. The Morgan fingerprint density at radius 3 is 2.65 bits per heavy atom. The molecule has 5 rings (SSSR count). The molecule has 2 aliphatic rings. The normalized spacial score (nSPS) is 20.1. The maximum Gasteiger partial charge on any atom is 0.284 e. The summed E-state index contributed by atoms with van der Waals surface area (Å²) in [5, 5.41) is 6.73. The quantitative estimate of drug-likeness (QED) is 0.372. The van der Waals surface area contributed by atoms with E-state index in [0.717, 1.165) is 62.2 Å². The van der Waals surface area contributed by atoms with Gasteiger partial charge in [-0.25, -0.2) is 13.8 Å². The van der Waals surface area contributed by atoms with Gasteiger partial charge in [-0.2, -0.15) is 5.10 Å². The summed E-state index contributed by atoms with van der Waals surface area (Å²) in [6, 6.07) is 3.74. The highest BCUT2D eigenvalue weighted by atomic mass is 19.3. The van der Waals surface area contributed by atoms with E-state index < -0.39 is 18.0 Å². The number of nitrogens with one attached hydrogen (secondary N) is 1. The second kappa shape index (κ2) is 11.1. The monoisotopic (exact) mass is 512 g/mol. The molecule has 10 heteroatoms. The zero-order valence-electron chi connectivity index (χ0n) is 21.4. The van der Waals surface area contributed by atoms with Crippen LogP contribution in [0.25, 0.3) is 11.5 Å². The Kier molecular flexibility index (Phi) is 7.64. The lowest BCUT2D eigenvalue weighted by atomic mass is 9.86. The van der Waals surface area contributed by atoms with Crippen LogP contribution >= 0.6 is 0 Å². The minimum atomic E-state index is -2.81. The summed E-state index contributed by atoms with van der Waals surface area (Å²) in [5.41, 5.74) is 1.28. The molecule has 2 saturated carbocycles. The van der Waals surface area contributed by atoms with Crippen molar-refractivity contribution in [3.8, 4) is 11.5 Å². The van der Waals surface area contributed by atoms with Gasteiger partial charge in [-0.15, -0.1) is 0 Å². The molecule has 3 aromatic rings. The van der Waals surface area contributed by atoms with Crippen LogP contribution in [0.15, 0.2) is 35.2 Å². The first-order valence-corrected chi connectivity index (χ1v) is 13.1. The number of oxazole rings is 1. The Morgan fingerprint density at radius 2 is 1.95 bits per heavy atom. The second-order valence-corrected chi connectivity index (χ2v) is 10.7. The third kappa shape index (κ3) is 6.41. The fourth-order valence-electron chi connectivity index (χ4n) is 5.16. The van der Waals surface area contributed by atoms with Gasteiger partial charge in [0.25, 0.3) is 12.3 Å². The zero-order valence-corrected chi connectivity index (χ0v) is 21.4. The first-order chi connectivity index (χ1) is 17.9. The number of aryl methyl sites for hydroxylation is 1. The molecule has 0 unspecified atom stereocenters. The van der Waals surface area contributed by atoms with E-state index >= 15 is 0 Å². The highest BCUT2D eigenvalue weighted by molar-refractivity contribution is 6.03. The average molecular weight is 513 g/mol. The lowest BCUT2D eigenvalue weighted by Gasteiger charge is -2.30. The predicted octanol–water partition coefficient (Wildman–Crippen LogP) is 5.76. The number of hydrogen-bond acceptors (Lipinski definition) is 6. The summed E-state index contributed by atoms with van der Waals surface area (Å²) >= 11 is 0. The van der Waals surface area contributed by atoms with E-state index in [-0.39, 0.29) is 17.4 Å². The van der Waals surface area contributed by atoms with Gasteiger partial charge >= 0.3 is 0 Å². The van der Waals surface area contributed by atoms with E-state index in [0.29, 0.717) is 11.8 Å². The Hall–Kier alpha value is -3.14. The van der Waals surface area contributed by atoms with Crippen molar-refractivity contribution in [2.24, 2.45) is 11.8 Å². The van der Waals surface area contributed by atoms with Crippen molar-refractivity contribution in [1.82, 2.24) is 24.6 Å². The van der Waals surface area contributed by atoms with Crippen molar-refractivity contribution in [2.45, 2.75) is 63.8 Å². The van der Waals surface area contributed by atoms with E-state index in [1.54, 1.807) is 16.9 Å². The van der Waals surface area contributed by atoms with E-state index in [2.05, 4.69) is 39.4 Å². The SMILES string of the molecule is CN(C)CC1CCC(n2cc(NC(=O)c3coc(-c4ccnc(CCC5CC5)c4)n3)c(C(F)F)n2)CC1. The lowest BCUT2D eigenvalue weighted by Crippen LogP contribution is -2.26. The lowest BCUT2D eigenvalue weighted by molar-refractivity contribution is 0.102. The first-order valence-electron chi connectivity index (χ1n) is 13.1. The zero-order chi connectivity index (χ0) is 25.9. The second-order valence-electron chi connectivity index (χ2n) is 10.7. The molecule has 37 heavy (non-hydrogen) atoms. The van der Waals surface area contributed by atoms with Crippen LogP contribution in [-0.2, 0) is 6.42 Å². The van der Waals surface area contributed by atoms with Gasteiger partial charge in [-0.3, -0.25) is 14.5 Å². The number of pyridine rings is 1. The van der Waals surface area contributed by atoms with Crippen molar-refractivity contribution in [1.29, 1.82) is 0 Å². The van der Waals surface area contributed by atoms with Gasteiger partial charge in [0.2, 0.25) is 5.89 Å². The molecule has 0 bridgehead atoms. The molecule has 3 aromatic heterocycles. The Bertz CT molecular complexity index is 1210. The van der Waals surface area contributed by atoms with E-state index in [1.165, 1.54) is 25.3 Å². The van der Waals surface area contributed by atoms with Crippen molar-refractivity contribution in [2.75, 3.05) is 26.0 Å². The molecule has 0 aromatic carbocycles. The van der Waals surface area contributed by atoms with E-state index in [4.69, 9.17) is 4.42 Å². The topological polar surface area (TPSA) is 89.1 Å². The van der Waals surface area contributed by atoms with Crippen molar-refractivity contribution >= 4 is 11.6 Å². The summed E-state index contributed by atoms with van der Waals surface area (Å²) in [6.45, 7) is 1.02. The van der Waals surface area contributed by atoms with Crippen molar-refractivity contribution in [3.05, 3.63) is 47.9 Å². The fraction of sp³-hybridized carbons (Fsp3) is 0.556. The summed E-state index contributed by atoms with van der Waals surface area (Å²) < 4.78 is 34.7. The molecule has 0 saturated heterocycles. The van der Waals surface area contributed by atoms with Crippen LogP contribution in [0.1, 0.15) is 79.3 Å². The van der Waals surface area contributed by atoms with Gasteiger partial charge in [0.05, 0.1) is 11.7 Å². The molecule has 1 N–H and O–H groups in total. The number of hydrogen-bond donors (Lipinski definition) is 1. The third-order valence-corrected chi connectivity index (χ3v) is 7.34. The number of anilines is 1. The highest BCUT2D eigenvalue weighted by Crippen LogP contribution is 2.35. The van der Waals surface area contributed by atoms with Gasteiger partial charge < -0.3 is 14.6 Å². The number of halogens is 2. The molecule has 1 amide bonds. The molecular formula is C27H34F2N6O2. The smallest absolute Gasteiger partial charge is 0.284 e. The summed E-state index contributed by atoms with van der Waals surface area (Å²) in [4.78, 5) is 23.8. The maximum absolute atomic E-state index is 13.8. The number of alkyl halides is 2. The number of nitrogens with zero attached hydrogens (tertiary/aromatic N) is 5. The minimum Gasteiger partial charge on any atom is -0.444 e. The Balaban J connectivity index is 1.25. The van der Waals surface area contributed by atoms with Gasteiger partial charge in [-0.1, -0.05) is 12.8 Å². The number of amides is 1. The molecule has 0 spiro atoms. The maximum atomic E-state index is 13.8. The van der Waals surface area contributed by atoms with Gasteiger partial charge in [-0.05, 0) is 76.6 Å². The Morgan fingerprint density at radius 1 is 1.19 bits per heavy atom. The van der Waals surface area contributed by atoms with E-state index in [1.807, 2.05) is 6.07 Å². The molecule has 2 aliphatic carbocycles. The molecule has 0 aliphatic heterocycles. The fourth-order valence-corrected chi connectivity index (χ4v) is 5.16. The molecule has 3 heterocycles. The number of aromatic nitrogens is 4. The molecule has 8 nitrogen and oxygen atoms in total.